The van der Waals surface area contributed by atoms with Gasteiger partial charge in [0.2, 0.25) is 5.91 Å². The maximum atomic E-state index is 11.4. The third-order valence-electron chi connectivity index (χ3n) is 2.39. The zero-order valence-electron chi connectivity index (χ0n) is 8.38. The number of amides is 1. The largest absolute Gasteiger partial charge is 0.477 e. The molecule has 0 aromatic carbocycles. The van der Waals surface area contributed by atoms with E-state index in [1.165, 1.54) is 16.7 Å². The van der Waals surface area contributed by atoms with E-state index < -0.39 is 5.97 Å². The molecular weight excluding hydrogens is 250 g/mol. The number of carboxylic acids is 1. The van der Waals surface area contributed by atoms with Gasteiger partial charge in [0.25, 0.3) is 0 Å². The van der Waals surface area contributed by atoms with Crippen LogP contribution in [-0.4, -0.2) is 50.5 Å². The Morgan fingerprint density at radius 3 is 2.94 bits per heavy atom. The maximum Gasteiger partial charge on any atom is 0.353 e. The number of rotatable bonds is 4. The first-order valence-corrected chi connectivity index (χ1v) is 6.82. The number of nitrogens with zero attached hydrogens (tertiary/aromatic N) is 1. The summed E-state index contributed by atoms with van der Waals surface area (Å²) < 4.78 is 0. The Morgan fingerprint density at radius 1 is 1.62 bits per heavy atom. The van der Waals surface area contributed by atoms with Gasteiger partial charge in [-0.3, -0.25) is 9.69 Å². The Kier molecular flexibility index (Phi) is 3.46. The minimum Gasteiger partial charge on any atom is -0.477 e. The Balaban J connectivity index is 2.24. The number of β-lactam (4-membered cyclic amide) rings is 1. The number of carbonyl (C=O) groups excluding carboxylic acids is 1. The van der Waals surface area contributed by atoms with Crippen LogP contribution in [0.4, 0.5) is 0 Å². The molecule has 1 saturated heterocycles. The fourth-order valence-corrected chi connectivity index (χ4v) is 3.98. The summed E-state index contributed by atoms with van der Waals surface area (Å²) in [5.41, 5.74) is 0.110. The van der Waals surface area contributed by atoms with E-state index in [1.807, 2.05) is 0 Å². The van der Waals surface area contributed by atoms with Gasteiger partial charge in [-0.1, -0.05) is 0 Å². The van der Waals surface area contributed by atoms with Crippen molar-refractivity contribution in [3.63, 3.8) is 0 Å². The predicted octanol–water partition coefficient (Wildman–Crippen LogP) is 0.313. The summed E-state index contributed by atoms with van der Waals surface area (Å²) in [5.74, 6) is -0.115. The molecule has 1 atom stereocenters. The van der Waals surface area contributed by atoms with Crippen LogP contribution in [0.3, 0.4) is 0 Å². The molecule has 2 aliphatic rings. The number of fused-ring (bicyclic) bond motifs is 1. The molecule has 1 amide bonds. The molecule has 0 unspecified atom stereocenters. The molecule has 0 aromatic rings. The SMILES string of the molecule is O=C(O)C1=C(SCCO)CS[C@H]2CC(=O)N12. The lowest BCUT2D eigenvalue weighted by atomic mass is 10.1. The monoisotopic (exact) mass is 261 g/mol. The van der Waals surface area contributed by atoms with Gasteiger partial charge in [0.1, 0.15) is 5.70 Å². The zero-order valence-corrected chi connectivity index (χ0v) is 10.0. The van der Waals surface area contributed by atoms with Crippen LogP contribution in [0.5, 0.6) is 0 Å². The topological polar surface area (TPSA) is 77.8 Å². The summed E-state index contributed by atoms with van der Waals surface area (Å²) in [6, 6.07) is 0. The number of carboxylic acid groups (broad SMARTS) is 1. The highest BCUT2D eigenvalue weighted by molar-refractivity contribution is 8.06. The van der Waals surface area contributed by atoms with Crippen molar-refractivity contribution in [3.8, 4) is 0 Å². The van der Waals surface area contributed by atoms with Crippen LogP contribution in [0.15, 0.2) is 10.6 Å². The van der Waals surface area contributed by atoms with Crippen LogP contribution in [0.1, 0.15) is 6.42 Å². The molecule has 7 heteroatoms. The van der Waals surface area contributed by atoms with Gasteiger partial charge in [0, 0.05) is 16.4 Å². The minimum atomic E-state index is -1.06. The maximum absolute atomic E-state index is 11.4. The molecule has 0 spiro atoms. The molecule has 0 aromatic heterocycles. The van der Waals surface area contributed by atoms with Gasteiger partial charge in [-0.05, 0) is 0 Å². The average molecular weight is 261 g/mol. The molecule has 0 radical (unpaired) electrons. The fraction of sp³-hybridized carbons (Fsp3) is 0.556. The molecule has 5 nitrogen and oxygen atoms in total. The highest BCUT2D eigenvalue weighted by atomic mass is 32.2. The van der Waals surface area contributed by atoms with Crippen molar-refractivity contribution in [1.29, 1.82) is 0 Å². The minimum absolute atomic E-state index is 0.00271. The van der Waals surface area contributed by atoms with Crippen LogP contribution in [0.2, 0.25) is 0 Å². The molecule has 0 aliphatic carbocycles. The second-order valence-corrected chi connectivity index (χ2v) is 5.74. The van der Waals surface area contributed by atoms with Crippen LogP contribution < -0.4 is 0 Å². The first-order valence-electron chi connectivity index (χ1n) is 4.79. The highest BCUT2D eigenvalue weighted by Crippen LogP contribution is 2.42. The zero-order chi connectivity index (χ0) is 11.7. The number of carbonyl (C=O) groups is 2. The lowest BCUT2D eigenvalue weighted by Crippen LogP contribution is -2.53. The summed E-state index contributed by atoms with van der Waals surface area (Å²) in [4.78, 5) is 24.5. The third kappa shape index (κ3) is 1.94. The van der Waals surface area contributed by atoms with Gasteiger partial charge in [-0.25, -0.2) is 4.79 Å². The number of hydrogen-bond acceptors (Lipinski definition) is 5. The van der Waals surface area contributed by atoms with E-state index in [0.29, 0.717) is 22.8 Å². The van der Waals surface area contributed by atoms with E-state index in [1.54, 1.807) is 11.8 Å². The van der Waals surface area contributed by atoms with Crippen LogP contribution in [0.25, 0.3) is 0 Å². The number of hydrogen-bond donors (Lipinski definition) is 2. The van der Waals surface area contributed by atoms with Crippen LogP contribution >= 0.6 is 23.5 Å². The van der Waals surface area contributed by atoms with Crippen molar-refractivity contribution in [2.45, 2.75) is 11.8 Å². The van der Waals surface area contributed by atoms with Crippen molar-refractivity contribution in [2.75, 3.05) is 18.1 Å². The van der Waals surface area contributed by atoms with Crippen LogP contribution in [-0.2, 0) is 9.59 Å². The quantitative estimate of drug-likeness (QED) is 0.709. The summed E-state index contributed by atoms with van der Waals surface area (Å²) in [7, 11) is 0. The van der Waals surface area contributed by atoms with Crippen molar-refractivity contribution in [2.24, 2.45) is 0 Å². The number of aliphatic hydroxyl groups is 1. The van der Waals surface area contributed by atoms with E-state index in [-0.39, 0.29) is 23.6 Å². The number of aliphatic carboxylic acids is 1. The Morgan fingerprint density at radius 2 is 2.38 bits per heavy atom. The molecule has 2 heterocycles. The van der Waals surface area contributed by atoms with Crippen molar-refractivity contribution in [3.05, 3.63) is 10.6 Å². The van der Waals surface area contributed by atoms with E-state index in [4.69, 9.17) is 10.2 Å². The highest BCUT2D eigenvalue weighted by Gasteiger charge is 2.45. The molecule has 0 bridgehead atoms. The molecule has 1 fully saturated rings. The third-order valence-corrected chi connectivity index (χ3v) is 4.86. The van der Waals surface area contributed by atoms with Crippen LogP contribution in [0, 0.1) is 0 Å². The molecule has 16 heavy (non-hydrogen) atoms. The van der Waals surface area contributed by atoms with E-state index >= 15 is 0 Å². The van der Waals surface area contributed by atoms with E-state index in [9.17, 15) is 9.59 Å². The van der Waals surface area contributed by atoms with Crippen molar-refractivity contribution < 1.29 is 19.8 Å². The number of aliphatic hydroxyl groups excluding tert-OH is 1. The first kappa shape index (κ1) is 11.8. The lowest BCUT2D eigenvalue weighted by Gasteiger charge is -2.43. The summed E-state index contributed by atoms with van der Waals surface area (Å²) >= 11 is 2.89. The lowest BCUT2D eigenvalue weighted by molar-refractivity contribution is -0.146. The molecule has 88 valence electrons. The van der Waals surface area contributed by atoms with Gasteiger partial charge in [0.15, 0.2) is 0 Å². The summed E-state index contributed by atoms with van der Waals surface area (Å²) in [6.45, 7) is 0.00308. The van der Waals surface area contributed by atoms with E-state index in [0.717, 1.165) is 0 Å². The van der Waals surface area contributed by atoms with Crippen molar-refractivity contribution in [1.82, 2.24) is 4.90 Å². The van der Waals surface area contributed by atoms with Crippen molar-refractivity contribution >= 4 is 35.4 Å². The second-order valence-electron chi connectivity index (χ2n) is 3.38. The Hall–Kier alpha value is -0.660. The normalized spacial score (nSPS) is 24.2. The van der Waals surface area contributed by atoms with Gasteiger partial charge in [-0.2, -0.15) is 0 Å². The smallest absolute Gasteiger partial charge is 0.353 e. The molecular formula is C9H11NO4S2. The first-order chi connectivity index (χ1) is 7.65. The van der Waals surface area contributed by atoms with Gasteiger partial charge in [-0.15, -0.1) is 23.5 Å². The second kappa shape index (κ2) is 4.68. The number of thioether (sulfide) groups is 2. The van der Waals surface area contributed by atoms with Gasteiger partial charge >= 0.3 is 5.97 Å². The van der Waals surface area contributed by atoms with Gasteiger partial charge < -0.3 is 10.2 Å². The standard InChI is InChI=1S/C9H11NO4S2/c11-1-2-15-5-4-16-7-3-6(12)10(7)8(5)9(13)14/h7,11H,1-4H2,(H,13,14)/t7-/m0/s1. The van der Waals surface area contributed by atoms with Gasteiger partial charge in [0.05, 0.1) is 18.4 Å². The summed E-state index contributed by atoms with van der Waals surface area (Å²) in [5, 5.41) is 17.8. The predicted molar refractivity (Wildman–Crippen MR) is 61.9 cm³/mol. The Bertz CT molecular complexity index is 369. The fourth-order valence-electron chi connectivity index (χ4n) is 1.67. The Labute approximate surface area is 101 Å². The molecule has 2 rings (SSSR count). The average Bonchev–Trinajstić information content (AvgIpc) is 2.24. The van der Waals surface area contributed by atoms with E-state index in [2.05, 4.69) is 0 Å². The molecule has 2 N–H and O–H groups in total. The molecule has 0 saturated carbocycles. The summed E-state index contributed by atoms with van der Waals surface area (Å²) in [6.07, 6.45) is 0.430. The molecule has 2 aliphatic heterocycles.